The molecule has 2 amide bonds. The molecule has 0 unspecified atom stereocenters. The van der Waals surface area contributed by atoms with Crippen LogP contribution in [0.25, 0.3) is 0 Å². The Morgan fingerprint density at radius 1 is 1.32 bits per heavy atom. The van der Waals surface area contributed by atoms with Crippen LogP contribution in [0.2, 0.25) is 0 Å². The number of carbonyl (C=O) groups excluding carboxylic acids is 2. The van der Waals surface area contributed by atoms with Gasteiger partial charge in [-0.1, -0.05) is 31.2 Å². The minimum atomic E-state index is -0.194. The molecule has 136 valence electrons. The van der Waals surface area contributed by atoms with Gasteiger partial charge in [0.1, 0.15) is 0 Å². The van der Waals surface area contributed by atoms with Gasteiger partial charge in [-0.25, -0.2) is 0 Å². The van der Waals surface area contributed by atoms with Crippen molar-refractivity contribution in [1.82, 2.24) is 15.1 Å². The SMILES string of the molecule is CCN(C)Cc1cccc(CNC(=O)[C@H]2CC(=O)N(CC3CC3)C2)c1. The zero-order chi connectivity index (χ0) is 17.8. The molecule has 5 heteroatoms. The Balaban J connectivity index is 1.49. The summed E-state index contributed by atoms with van der Waals surface area (Å²) in [6.07, 6.45) is 2.81. The molecule has 25 heavy (non-hydrogen) atoms. The first-order chi connectivity index (χ1) is 12.0. The van der Waals surface area contributed by atoms with Crippen LogP contribution in [0.5, 0.6) is 0 Å². The van der Waals surface area contributed by atoms with Crippen LogP contribution in [0.15, 0.2) is 24.3 Å². The third kappa shape index (κ3) is 5.05. The van der Waals surface area contributed by atoms with Gasteiger partial charge in [0.2, 0.25) is 11.8 Å². The van der Waals surface area contributed by atoms with Gasteiger partial charge in [0.05, 0.1) is 5.92 Å². The van der Waals surface area contributed by atoms with Gasteiger partial charge in [0.25, 0.3) is 0 Å². The number of nitrogens with one attached hydrogen (secondary N) is 1. The largest absolute Gasteiger partial charge is 0.352 e. The molecular formula is C20H29N3O2. The Kier molecular flexibility index (Phi) is 5.74. The molecule has 1 N–H and O–H groups in total. The Labute approximate surface area is 150 Å². The highest BCUT2D eigenvalue weighted by Crippen LogP contribution is 2.32. The smallest absolute Gasteiger partial charge is 0.225 e. The molecule has 1 aliphatic heterocycles. The molecule has 3 rings (SSSR count). The normalized spacial score (nSPS) is 20.4. The number of hydrogen-bond donors (Lipinski definition) is 1. The first kappa shape index (κ1) is 17.9. The van der Waals surface area contributed by atoms with E-state index in [2.05, 4.69) is 36.3 Å². The van der Waals surface area contributed by atoms with Gasteiger partial charge in [-0.15, -0.1) is 0 Å². The number of amides is 2. The molecule has 1 aromatic carbocycles. The van der Waals surface area contributed by atoms with E-state index in [9.17, 15) is 9.59 Å². The number of rotatable bonds is 8. The second kappa shape index (κ2) is 8.00. The lowest BCUT2D eigenvalue weighted by Gasteiger charge is -2.16. The van der Waals surface area contributed by atoms with E-state index in [1.807, 2.05) is 17.0 Å². The highest BCUT2D eigenvalue weighted by molar-refractivity contribution is 5.89. The molecule has 1 atom stereocenters. The molecule has 1 saturated carbocycles. The summed E-state index contributed by atoms with van der Waals surface area (Å²) >= 11 is 0. The maximum absolute atomic E-state index is 12.4. The van der Waals surface area contributed by atoms with Crippen molar-refractivity contribution in [2.75, 3.05) is 26.7 Å². The summed E-state index contributed by atoms with van der Waals surface area (Å²) in [5.41, 5.74) is 2.36. The monoisotopic (exact) mass is 343 g/mol. The molecule has 0 radical (unpaired) electrons. The van der Waals surface area contributed by atoms with E-state index in [-0.39, 0.29) is 17.7 Å². The molecule has 1 saturated heterocycles. The summed E-state index contributed by atoms with van der Waals surface area (Å²) < 4.78 is 0. The van der Waals surface area contributed by atoms with Gasteiger partial charge in [-0.3, -0.25) is 9.59 Å². The van der Waals surface area contributed by atoms with E-state index in [0.717, 1.165) is 25.2 Å². The van der Waals surface area contributed by atoms with Crippen molar-refractivity contribution in [3.8, 4) is 0 Å². The van der Waals surface area contributed by atoms with Crippen molar-refractivity contribution in [3.63, 3.8) is 0 Å². The zero-order valence-electron chi connectivity index (χ0n) is 15.3. The summed E-state index contributed by atoms with van der Waals surface area (Å²) in [5, 5.41) is 3.01. The van der Waals surface area contributed by atoms with E-state index in [1.54, 1.807) is 0 Å². The Hall–Kier alpha value is -1.88. The van der Waals surface area contributed by atoms with Crippen LogP contribution in [0.4, 0.5) is 0 Å². The molecule has 5 nitrogen and oxygen atoms in total. The van der Waals surface area contributed by atoms with Crippen LogP contribution in [0.3, 0.4) is 0 Å². The maximum atomic E-state index is 12.4. The molecule has 2 fully saturated rings. The van der Waals surface area contributed by atoms with E-state index in [1.165, 1.54) is 18.4 Å². The van der Waals surface area contributed by atoms with Gasteiger partial charge in [-0.2, -0.15) is 0 Å². The average molecular weight is 343 g/mol. The lowest BCUT2D eigenvalue weighted by molar-refractivity contribution is -0.129. The summed E-state index contributed by atoms with van der Waals surface area (Å²) in [7, 11) is 2.10. The fraction of sp³-hybridized carbons (Fsp3) is 0.600. The molecule has 1 aromatic rings. The van der Waals surface area contributed by atoms with E-state index < -0.39 is 0 Å². The average Bonchev–Trinajstić information content (AvgIpc) is 3.35. The minimum absolute atomic E-state index is 0.00252. The summed E-state index contributed by atoms with van der Waals surface area (Å²) in [6.45, 7) is 6.01. The summed E-state index contributed by atoms with van der Waals surface area (Å²) in [6, 6.07) is 8.33. The Morgan fingerprint density at radius 2 is 2.08 bits per heavy atom. The number of benzene rings is 1. The van der Waals surface area contributed by atoms with Crippen LogP contribution in [-0.4, -0.2) is 48.3 Å². The van der Waals surface area contributed by atoms with Crippen LogP contribution < -0.4 is 5.32 Å². The van der Waals surface area contributed by atoms with E-state index >= 15 is 0 Å². The summed E-state index contributed by atoms with van der Waals surface area (Å²) in [5.74, 6) is 0.620. The number of hydrogen-bond acceptors (Lipinski definition) is 3. The maximum Gasteiger partial charge on any atom is 0.225 e. The minimum Gasteiger partial charge on any atom is -0.352 e. The number of nitrogens with zero attached hydrogens (tertiary/aromatic N) is 2. The predicted molar refractivity (Wildman–Crippen MR) is 97.7 cm³/mol. The van der Waals surface area contributed by atoms with Crippen LogP contribution in [0.1, 0.15) is 37.3 Å². The van der Waals surface area contributed by atoms with E-state index in [0.29, 0.717) is 25.4 Å². The second-order valence-electron chi connectivity index (χ2n) is 7.51. The number of carbonyl (C=O) groups is 2. The second-order valence-corrected chi connectivity index (χ2v) is 7.51. The Morgan fingerprint density at radius 3 is 2.80 bits per heavy atom. The third-order valence-electron chi connectivity index (χ3n) is 5.21. The highest BCUT2D eigenvalue weighted by atomic mass is 16.2. The van der Waals surface area contributed by atoms with Crippen molar-refractivity contribution < 1.29 is 9.59 Å². The van der Waals surface area contributed by atoms with Crippen molar-refractivity contribution in [2.45, 2.75) is 39.3 Å². The quantitative estimate of drug-likeness (QED) is 0.786. The zero-order valence-corrected chi connectivity index (χ0v) is 15.3. The highest BCUT2D eigenvalue weighted by Gasteiger charge is 2.36. The first-order valence-corrected chi connectivity index (χ1v) is 9.37. The molecule has 2 aliphatic rings. The van der Waals surface area contributed by atoms with Crippen molar-refractivity contribution in [3.05, 3.63) is 35.4 Å². The van der Waals surface area contributed by atoms with Gasteiger partial charge >= 0.3 is 0 Å². The molecule has 0 bridgehead atoms. The van der Waals surface area contributed by atoms with Gasteiger partial charge < -0.3 is 15.1 Å². The lowest BCUT2D eigenvalue weighted by atomic mass is 10.1. The fourth-order valence-corrected chi connectivity index (χ4v) is 3.33. The van der Waals surface area contributed by atoms with Crippen LogP contribution in [0, 0.1) is 11.8 Å². The standard InChI is InChI=1S/C20H29N3O2/c1-3-22(2)12-17-6-4-5-16(9-17)11-21-20(25)18-10-19(24)23(14-18)13-15-7-8-15/h4-6,9,15,18H,3,7-8,10-14H2,1-2H3,(H,21,25)/t18-/m0/s1. The predicted octanol–water partition coefficient (Wildman–Crippen LogP) is 2.01. The number of likely N-dealkylation sites (tertiary alicyclic amines) is 1. The first-order valence-electron chi connectivity index (χ1n) is 9.37. The topological polar surface area (TPSA) is 52.7 Å². The van der Waals surface area contributed by atoms with Gasteiger partial charge in [-0.05, 0) is 43.5 Å². The summed E-state index contributed by atoms with van der Waals surface area (Å²) in [4.78, 5) is 28.6. The van der Waals surface area contributed by atoms with Gasteiger partial charge in [0, 0.05) is 32.6 Å². The third-order valence-corrected chi connectivity index (χ3v) is 5.21. The molecule has 1 aliphatic carbocycles. The van der Waals surface area contributed by atoms with Crippen molar-refractivity contribution >= 4 is 11.8 Å². The van der Waals surface area contributed by atoms with Crippen molar-refractivity contribution in [1.29, 1.82) is 0 Å². The molecule has 1 heterocycles. The fourth-order valence-electron chi connectivity index (χ4n) is 3.33. The lowest BCUT2D eigenvalue weighted by Crippen LogP contribution is -2.33. The molecule has 0 aromatic heterocycles. The van der Waals surface area contributed by atoms with E-state index in [4.69, 9.17) is 0 Å². The molecular weight excluding hydrogens is 314 g/mol. The van der Waals surface area contributed by atoms with Gasteiger partial charge in [0.15, 0.2) is 0 Å². The van der Waals surface area contributed by atoms with Crippen LogP contribution >= 0.6 is 0 Å². The molecule has 0 spiro atoms. The van der Waals surface area contributed by atoms with Crippen molar-refractivity contribution in [2.24, 2.45) is 11.8 Å². The van der Waals surface area contributed by atoms with Crippen LogP contribution in [-0.2, 0) is 22.7 Å². The Bertz CT molecular complexity index is 627.